The van der Waals surface area contributed by atoms with Crippen LogP contribution in [0, 0.1) is 6.92 Å². The van der Waals surface area contributed by atoms with Crippen molar-refractivity contribution in [1.29, 1.82) is 0 Å². The Kier molecular flexibility index (Phi) is 4.48. The smallest absolute Gasteiger partial charge is 0.0349 e. The first-order chi connectivity index (χ1) is 7.70. The number of aromatic nitrogens is 1. The van der Waals surface area contributed by atoms with Crippen molar-refractivity contribution in [3.8, 4) is 0 Å². The van der Waals surface area contributed by atoms with Crippen molar-refractivity contribution < 1.29 is 0 Å². The lowest BCUT2D eigenvalue weighted by molar-refractivity contribution is 0.875. The molecule has 0 saturated heterocycles. The van der Waals surface area contributed by atoms with Crippen LogP contribution in [0.15, 0.2) is 30.6 Å². The van der Waals surface area contributed by atoms with Gasteiger partial charge in [0.1, 0.15) is 0 Å². The van der Waals surface area contributed by atoms with Crippen molar-refractivity contribution in [3.05, 3.63) is 41.7 Å². The van der Waals surface area contributed by atoms with Gasteiger partial charge in [-0.25, -0.2) is 0 Å². The average Bonchev–Trinajstić information content (AvgIpc) is 2.31. The lowest BCUT2D eigenvalue weighted by Gasteiger charge is -2.10. The summed E-state index contributed by atoms with van der Waals surface area (Å²) in [6.45, 7) is 10.5. The van der Waals surface area contributed by atoms with E-state index in [0.717, 1.165) is 0 Å². The zero-order valence-corrected chi connectivity index (χ0v) is 10.9. The molecule has 0 unspecified atom stereocenters. The van der Waals surface area contributed by atoms with Gasteiger partial charge in [-0.1, -0.05) is 45.9 Å². The molecule has 0 atom stereocenters. The largest absolute Gasteiger partial charge is 0.264 e. The Bertz CT molecular complexity index is 458. The lowest BCUT2D eigenvalue weighted by Crippen LogP contribution is -1.91. The molecule has 0 spiro atoms. The van der Waals surface area contributed by atoms with E-state index >= 15 is 0 Å². The molecule has 0 fully saturated rings. The molecule has 0 aliphatic heterocycles. The fourth-order valence-corrected chi connectivity index (χ4v) is 1.87. The summed E-state index contributed by atoms with van der Waals surface area (Å²) in [5, 5.41) is 2.62. The molecule has 2 aromatic rings. The summed E-state index contributed by atoms with van der Waals surface area (Å²) < 4.78 is 0. The highest BCUT2D eigenvalue weighted by atomic mass is 14.6. The van der Waals surface area contributed by atoms with Crippen LogP contribution < -0.4 is 0 Å². The molecule has 86 valence electrons. The minimum atomic E-state index is 0.558. The minimum absolute atomic E-state index is 0.558. The first-order valence-electron chi connectivity index (χ1n) is 6.03. The molecule has 0 saturated carbocycles. The first-order valence-corrected chi connectivity index (χ1v) is 6.03. The van der Waals surface area contributed by atoms with E-state index in [9.17, 15) is 0 Å². The number of hydrogen-bond donors (Lipinski definition) is 0. The molecule has 1 aromatic heterocycles. The van der Waals surface area contributed by atoms with Crippen LogP contribution in [0.2, 0.25) is 0 Å². The fourth-order valence-electron chi connectivity index (χ4n) is 1.87. The van der Waals surface area contributed by atoms with Crippen molar-refractivity contribution in [2.75, 3.05) is 0 Å². The number of nitrogens with zero attached hydrogens (tertiary/aromatic N) is 1. The topological polar surface area (TPSA) is 12.9 Å². The van der Waals surface area contributed by atoms with Gasteiger partial charge in [-0.15, -0.1) is 0 Å². The summed E-state index contributed by atoms with van der Waals surface area (Å²) in [5.41, 5.74) is 2.64. The minimum Gasteiger partial charge on any atom is -0.264 e. The second-order valence-corrected chi connectivity index (χ2v) is 4.05. The van der Waals surface area contributed by atoms with Gasteiger partial charge in [-0.2, -0.15) is 0 Å². The van der Waals surface area contributed by atoms with E-state index in [0.29, 0.717) is 5.92 Å². The van der Waals surface area contributed by atoms with Gasteiger partial charge in [0.15, 0.2) is 0 Å². The second-order valence-electron chi connectivity index (χ2n) is 4.05. The second kappa shape index (κ2) is 5.64. The Labute approximate surface area is 98.5 Å². The zero-order chi connectivity index (χ0) is 12.1. The van der Waals surface area contributed by atoms with Gasteiger partial charge < -0.3 is 0 Å². The van der Waals surface area contributed by atoms with Crippen LogP contribution in [0.25, 0.3) is 10.8 Å². The van der Waals surface area contributed by atoms with E-state index in [-0.39, 0.29) is 0 Å². The van der Waals surface area contributed by atoms with Crippen LogP contribution in [0.3, 0.4) is 0 Å². The molecule has 0 bridgehead atoms. The van der Waals surface area contributed by atoms with Crippen LogP contribution in [0.1, 0.15) is 44.7 Å². The number of rotatable bonds is 1. The molecule has 0 amide bonds. The molecule has 1 heterocycles. The molecule has 0 aliphatic rings. The van der Waals surface area contributed by atoms with Gasteiger partial charge in [-0.3, -0.25) is 4.98 Å². The number of fused-ring (bicyclic) bond motifs is 1. The normalized spacial score (nSPS) is 10.1. The highest BCUT2D eigenvalue weighted by molar-refractivity contribution is 5.87. The summed E-state index contributed by atoms with van der Waals surface area (Å²) >= 11 is 0. The quantitative estimate of drug-likeness (QED) is 0.672. The molecule has 0 radical (unpaired) electrons. The Morgan fingerprint density at radius 1 is 1.00 bits per heavy atom. The molecule has 16 heavy (non-hydrogen) atoms. The van der Waals surface area contributed by atoms with Crippen LogP contribution in [0.5, 0.6) is 0 Å². The maximum atomic E-state index is 4.26. The Hall–Kier alpha value is -1.37. The SMILES string of the molecule is CC.Cc1cncc2c(C(C)C)cccc12. The van der Waals surface area contributed by atoms with Gasteiger partial charge >= 0.3 is 0 Å². The predicted molar refractivity (Wildman–Crippen MR) is 71.9 cm³/mol. The van der Waals surface area contributed by atoms with Crippen LogP contribution in [-0.4, -0.2) is 4.98 Å². The van der Waals surface area contributed by atoms with Gasteiger partial charge in [0.2, 0.25) is 0 Å². The van der Waals surface area contributed by atoms with E-state index in [2.05, 4.69) is 44.0 Å². The van der Waals surface area contributed by atoms with Crippen molar-refractivity contribution in [2.45, 2.75) is 40.5 Å². The zero-order valence-electron chi connectivity index (χ0n) is 10.9. The first kappa shape index (κ1) is 12.7. The molecule has 1 nitrogen and oxygen atoms in total. The van der Waals surface area contributed by atoms with E-state index < -0.39 is 0 Å². The van der Waals surface area contributed by atoms with Crippen molar-refractivity contribution in [2.24, 2.45) is 0 Å². The van der Waals surface area contributed by atoms with Gasteiger partial charge in [-0.05, 0) is 29.4 Å². The summed E-state index contributed by atoms with van der Waals surface area (Å²) in [4.78, 5) is 4.26. The Balaban J connectivity index is 0.000000606. The Morgan fingerprint density at radius 2 is 1.69 bits per heavy atom. The third-order valence-corrected chi connectivity index (χ3v) is 2.66. The summed E-state index contributed by atoms with van der Waals surface area (Å²) in [7, 11) is 0. The van der Waals surface area contributed by atoms with Gasteiger partial charge in [0, 0.05) is 17.8 Å². The van der Waals surface area contributed by atoms with Crippen molar-refractivity contribution in [3.63, 3.8) is 0 Å². The maximum absolute atomic E-state index is 4.26. The number of pyridine rings is 1. The molecular formula is C15H21N. The number of benzene rings is 1. The number of aryl methyl sites for hydroxylation is 1. The van der Waals surface area contributed by atoms with Crippen LogP contribution >= 0.6 is 0 Å². The average molecular weight is 215 g/mol. The molecule has 0 N–H and O–H groups in total. The van der Waals surface area contributed by atoms with Crippen LogP contribution in [0.4, 0.5) is 0 Å². The molecule has 2 rings (SSSR count). The van der Waals surface area contributed by atoms with E-state index in [1.54, 1.807) is 0 Å². The summed E-state index contributed by atoms with van der Waals surface area (Å²) in [6.07, 6.45) is 3.89. The molecular weight excluding hydrogens is 194 g/mol. The van der Waals surface area contributed by atoms with Crippen LogP contribution in [-0.2, 0) is 0 Å². The monoisotopic (exact) mass is 215 g/mol. The third-order valence-electron chi connectivity index (χ3n) is 2.66. The predicted octanol–water partition coefficient (Wildman–Crippen LogP) is 4.69. The van der Waals surface area contributed by atoms with Crippen molar-refractivity contribution in [1.82, 2.24) is 4.98 Å². The molecule has 0 aliphatic carbocycles. The third kappa shape index (κ3) is 2.41. The van der Waals surface area contributed by atoms with E-state index in [1.165, 1.54) is 21.9 Å². The summed E-state index contributed by atoms with van der Waals surface area (Å²) in [6, 6.07) is 6.48. The van der Waals surface area contributed by atoms with E-state index in [4.69, 9.17) is 0 Å². The molecule has 1 heteroatoms. The van der Waals surface area contributed by atoms with E-state index in [1.807, 2.05) is 26.2 Å². The highest BCUT2D eigenvalue weighted by Crippen LogP contribution is 2.26. The van der Waals surface area contributed by atoms with Gasteiger partial charge in [0.05, 0.1) is 0 Å². The summed E-state index contributed by atoms with van der Waals surface area (Å²) in [5.74, 6) is 0.558. The van der Waals surface area contributed by atoms with Gasteiger partial charge in [0.25, 0.3) is 0 Å². The fraction of sp³-hybridized carbons (Fsp3) is 0.400. The highest BCUT2D eigenvalue weighted by Gasteiger charge is 2.05. The standard InChI is InChI=1S/C13H15N.C2H6/c1-9(2)11-5-4-6-12-10(3)7-14-8-13(11)12;1-2/h4-9H,1-3H3;1-2H3. The number of hydrogen-bond acceptors (Lipinski definition) is 1. The Morgan fingerprint density at radius 3 is 2.31 bits per heavy atom. The molecule has 1 aromatic carbocycles. The van der Waals surface area contributed by atoms with Crippen molar-refractivity contribution >= 4 is 10.8 Å². The lowest BCUT2D eigenvalue weighted by atomic mass is 9.96. The maximum Gasteiger partial charge on any atom is 0.0349 e.